The molecule has 122 valence electrons. The van der Waals surface area contributed by atoms with Gasteiger partial charge in [-0.2, -0.15) is 5.10 Å². The highest BCUT2D eigenvalue weighted by atomic mass is 32.1. The van der Waals surface area contributed by atoms with Crippen LogP contribution >= 0.6 is 12.2 Å². The van der Waals surface area contributed by atoms with Gasteiger partial charge >= 0.3 is 0 Å². The van der Waals surface area contributed by atoms with Crippen LogP contribution in [0.2, 0.25) is 0 Å². The predicted octanol–water partition coefficient (Wildman–Crippen LogP) is 1.53. The van der Waals surface area contributed by atoms with Crippen LogP contribution in [-0.4, -0.2) is 33.8 Å². The van der Waals surface area contributed by atoms with Crippen molar-refractivity contribution in [2.24, 2.45) is 13.0 Å². The molecule has 2 heterocycles. The van der Waals surface area contributed by atoms with E-state index in [4.69, 9.17) is 17.0 Å². The highest BCUT2D eigenvalue weighted by Gasteiger charge is 2.26. The number of nitrogens with zero attached hydrogens (tertiary/aromatic N) is 2. The highest BCUT2D eigenvalue weighted by Crippen LogP contribution is 2.27. The summed E-state index contributed by atoms with van der Waals surface area (Å²) >= 11 is 5.04. The van der Waals surface area contributed by atoms with E-state index in [2.05, 4.69) is 15.5 Å². The number of hydrogen-bond donors (Lipinski definition) is 2. The molecule has 8 heteroatoms. The molecule has 1 aromatic carbocycles. The number of carbonyl (C=O) groups is 1. The Kier molecular flexibility index (Phi) is 4.42. The van der Waals surface area contributed by atoms with E-state index in [1.807, 2.05) is 7.05 Å². The molecular formula is C15H17FN4O2S. The van der Waals surface area contributed by atoms with Crippen LogP contribution in [-0.2, 0) is 24.7 Å². The maximum Gasteiger partial charge on any atom is 0.226 e. The summed E-state index contributed by atoms with van der Waals surface area (Å²) in [4.78, 5) is 12.2. The Morgan fingerprint density at radius 3 is 3.17 bits per heavy atom. The predicted molar refractivity (Wildman–Crippen MR) is 84.2 cm³/mol. The Balaban J connectivity index is 1.55. The molecule has 0 saturated heterocycles. The number of aromatic nitrogens is 3. The summed E-state index contributed by atoms with van der Waals surface area (Å²) in [5, 5.41) is 9.66. The van der Waals surface area contributed by atoms with E-state index in [1.165, 1.54) is 12.1 Å². The number of rotatable bonds is 4. The zero-order valence-corrected chi connectivity index (χ0v) is 13.5. The molecule has 0 fully saturated rings. The summed E-state index contributed by atoms with van der Waals surface area (Å²) < 4.78 is 21.1. The first-order chi connectivity index (χ1) is 11.0. The van der Waals surface area contributed by atoms with E-state index in [-0.39, 0.29) is 17.6 Å². The Labute approximate surface area is 137 Å². The summed E-state index contributed by atoms with van der Waals surface area (Å²) in [6.45, 7) is 0.760. The standard InChI is InChI=1S/C15H17FN4O2S/c1-20-13(18-19-15(20)23)4-5-17-14(21)10-6-9-7-11(16)2-3-12(9)22-8-10/h2-3,7,10H,4-6,8H2,1H3,(H,17,21)(H,19,23)/t10-/m0/s1. The van der Waals surface area contributed by atoms with Crippen molar-refractivity contribution in [3.63, 3.8) is 0 Å². The molecule has 23 heavy (non-hydrogen) atoms. The van der Waals surface area contributed by atoms with Crippen LogP contribution in [0.15, 0.2) is 18.2 Å². The van der Waals surface area contributed by atoms with Gasteiger partial charge in [-0.3, -0.25) is 9.89 Å². The second-order valence-corrected chi connectivity index (χ2v) is 5.90. The average molecular weight is 336 g/mol. The number of carbonyl (C=O) groups excluding carboxylic acids is 1. The normalized spacial score (nSPS) is 16.5. The number of nitrogens with one attached hydrogen (secondary N) is 2. The lowest BCUT2D eigenvalue weighted by atomic mass is 9.96. The molecule has 0 bridgehead atoms. The molecule has 3 rings (SSSR count). The number of fused-ring (bicyclic) bond motifs is 1. The largest absolute Gasteiger partial charge is 0.492 e. The van der Waals surface area contributed by atoms with E-state index < -0.39 is 0 Å². The third-order valence-electron chi connectivity index (χ3n) is 3.92. The molecule has 0 radical (unpaired) electrons. The quantitative estimate of drug-likeness (QED) is 0.831. The van der Waals surface area contributed by atoms with Gasteiger partial charge in [0.1, 0.15) is 24.0 Å². The van der Waals surface area contributed by atoms with Crippen LogP contribution in [0.25, 0.3) is 0 Å². The monoisotopic (exact) mass is 336 g/mol. The van der Waals surface area contributed by atoms with E-state index in [9.17, 15) is 9.18 Å². The number of ether oxygens (including phenoxy) is 1. The summed E-state index contributed by atoms with van der Waals surface area (Å²) in [6, 6.07) is 4.38. The summed E-state index contributed by atoms with van der Waals surface area (Å²) in [5.41, 5.74) is 0.728. The van der Waals surface area contributed by atoms with E-state index in [0.29, 0.717) is 36.5 Å². The van der Waals surface area contributed by atoms with Gasteiger partial charge in [0.05, 0.1) is 5.92 Å². The highest BCUT2D eigenvalue weighted by molar-refractivity contribution is 7.71. The van der Waals surface area contributed by atoms with E-state index >= 15 is 0 Å². The SMILES string of the molecule is Cn1c(CCNC(=O)[C@@H]2COc3ccc(F)cc3C2)n[nH]c1=S. The lowest BCUT2D eigenvalue weighted by molar-refractivity contribution is -0.126. The van der Waals surface area contributed by atoms with Gasteiger partial charge in [0.25, 0.3) is 0 Å². The summed E-state index contributed by atoms with van der Waals surface area (Å²) in [6.07, 6.45) is 1.06. The minimum atomic E-state index is -0.320. The third-order valence-corrected chi connectivity index (χ3v) is 4.29. The zero-order chi connectivity index (χ0) is 16.4. The first-order valence-corrected chi connectivity index (χ1v) is 7.74. The molecule has 1 atom stereocenters. The van der Waals surface area contributed by atoms with Crippen LogP contribution in [0.5, 0.6) is 5.75 Å². The maximum atomic E-state index is 13.3. The summed E-state index contributed by atoms with van der Waals surface area (Å²) in [7, 11) is 1.82. The maximum absolute atomic E-state index is 13.3. The first-order valence-electron chi connectivity index (χ1n) is 7.34. The Bertz CT molecular complexity index is 786. The van der Waals surface area contributed by atoms with Gasteiger partial charge in [0.15, 0.2) is 4.77 Å². The van der Waals surface area contributed by atoms with Gasteiger partial charge in [-0.05, 0) is 42.4 Å². The van der Waals surface area contributed by atoms with Gasteiger partial charge in [0, 0.05) is 20.0 Å². The molecule has 0 aliphatic carbocycles. The van der Waals surface area contributed by atoms with Crippen LogP contribution in [0.3, 0.4) is 0 Å². The topological polar surface area (TPSA) is 71.9 Å². The first kappa shape index (κ1) is 15.7. The number of halogens is 1. The second kappa shape index (κ2) is 6.49. The van der Waals surface area contributed by atoms with Crippen LogP contribution in [0.1, 0.15) is 11.4 Å². The molecule has 6 nitrogen and oxygen atoms in total. The van der Waals surface area contributed by atoms with Crippen molar-refractivity contribution in [3.8, 4) is 5.75 Å². The minimum absolute atomic E-state index is 0.100. The van der Waals surface area contributed by atoms with E-state index in [0.717, 1.165) is 11.4 Å². The molecule has 1 aromatic heterocycles. The zero-order valence-electron chi connectivity index (χ0n) is 12.6. The molecule has 1 amide bonds. The van der Waals surface area contributed by atoms with E-state index in [1.54, 1.807) is 10.6 Å². The second-order valence-electron chi connectivity index (χ2n) is 5.51. The molecule has 2 N–H and O–H groups in total. The Hall–Kier alpha value is -2.22. The van der Waals surface area contributed by atoms with Crippen molar-refractivity contribution < 1.29 is 13.9 Å². The molecule has 0 spiro atoms. The van der Waals surface area contributed by atoms with Gasteiger partial charge in [-0.15, -0.1) is 0 Å². The fourth-order valence-electron chi connectivity index (χ4n) is 2.58. The smallest absolute Gasteiger partial charge is 0.226 e. The van der Waals surface area contributed by atoms with Crippen LogP contribution in [0.4, 0.5) is 4.39 Å². The number of aromatic amines is 1. The van der Waals surface area contributed by atoms with Crippen molar-refractivity contribution in [1.29, 1.82) is 0 Å². The molecule has 2 aromatic rings. The molecular weight excluding hydrogens is 319 g/mol. The number of hydrogen-bond acceptors (Lipinski definition) is 4. The third kappa shape index (κ3) is 3.42. The molecule has 0 unspecified atom stereocenters. The summed E-state index contributed by atoms with van der Waals surface area (Å²) in [5.74, 6) is 0.696. The molecule has 0 saturated carbocycles. The minimum Gasteiger partial charge on any atom is -0.492 e. The van der Waals surface area contributed by atoms with Crippen LogP contribution in [0, 0.1) is 16.5 Å². The average Bonchev–Trinajstić information content (AvgIpc) is 2.86. The number of amides is 1. The lowest BCUT2D eigenvalue weighted by Gasteiger charge is -2.24. The van der Waals surface area contributed by atoms with Gasteiger partial charge in [0.2, 0.25) is 5.91 Å². The Morgan fingerprint density at radius 1 is 1.61 bits per heavy atom. The van der Waals surface area contributed by atoms with Gasteiger partial charge in [-0.25, -0.2) is 4.39 Å². The van der Waals surface area contributed by atoms with Crippen molar-refractivity contribution in [2.75, 3.05) is 13.2 Å². The number of benzene rings is 1. The molecule has 1 aliphatic rings. The van der Waals surface area contributed by atoms with Crippen molar-refractivity contribution in [1.82, 2.24) is 20.1 Å². The van der Waals surface area contributed by atoms with Crippen LogP contribution < -0.4 is 10.1 Å². The van der Waals surface area contributed by atoms with Gasteiger partial charge in [-0.1, -0.05) is 0 Å². The fraction of sp³-hybridized carbons (Fsp3) is 0.400. The van der Waals surface area contributed by atoms with Crippen molar-refractivity contribution >= 4 is 18.1 Å². The number of H-pyrrole nitrogens is 1. The van der Waals surface area contributed by atoms with Gasteiger partial charge < -0.3 is 14.6 Å². The fourth-order valence-corrected chi connectivity index (χ4v) is 2.73. The Morgan fingerprint density at radius 2 is 2.43 bits per heavy atom. The molecule has 1 aliphatic heterocycles. The van der Waals surface area contributed by atoms with Crippen molar-refractivity contribution in [3.05, 3.63) is 40.2 Å². The lowest BCUT2D eigenvalue weighted by Crippen LogP contribution is -2.38. The van der Waals surface area contributed by atoms with Crippen molar-refractivity contribution in [2.45, 2.75) is 12.8 Å².